The minimum atomic E-state index is -0.402. The first-order chi connectivity index (χ1) is 9.10. The van der Waals surface area contributed by atoms with Crippen LogP contribution in [-0.2, 0) is 0 Å². The van der Waals surface area contributed by atoms with Gasteiger partial charge in [0.15, 0.2) is 0 Å². The zero-order valence-electron chi connectivity index (χ0n) is 10.6. The molecule has 0 atom stereocenters. The van der Waals surface area contributed by atoms with Crippen LogP contribution >= 0.6 is 0 Å². The van der Waals surface area contributed by atoms with Gasteiger partial charge in [-0.1, -0.05) is 6.58 Å². The molecule has 19 heavy (non-hydrogen) atoms. The average Bonchev–Trinajstić information content (AvgIpc) is 2.79. The molecule has 0 fully saturated rings. The highest BCUT2D eigenvalue weighted by molar-refractivity contribution is 6.02. The van der Waals surface area contributed by atoms with E-state index in [1.165, 1.54) is 6.07 Å². The molecule has 0 spiro atoms. The van der Waals surface area contributed by atoms with Crippen LogP contribution in [0.15, 0.2) is 44.5 Å². The van der Waals surface area contributed by atoms with E-state index in [1.54, 1.807) is 19.2 Å². The number of hydrogen-bond acceptors (Lipinski definition) is 4. The van der Waals surface area contributed by atoms with Crippen LogP contribution in [0.25, 0.3) is 27.5 Å². The molecule has 0 aliphatic heterocycles. The highest BCUT2D eigenvalue weighted by atomic mass is 16.5. The van der Waals surface area contributed by atoms with Crippen LogP contribution in [0, 0.1) is 0 Å². The molecule has 2 heterocycles. The van der Waals surface area contributed by atoms with Crippen molar-refractivity contribution >= 4 is 27.5 Å². The maximum Gasteiger partial charge on any atom is 0.336 e. The van der Waals surface area contributed by atoms with Crippen LogP contribution in [-0.4, -0.2) is 7.11 Å². The first-order valence-corrected chi connectivity index (χ1v) is 5.80. The Morgan fingerprint density at radius 1 is 1.16 bits per heavy atom. The summed E-state index contributed by atoms with van der Waals surface area (Å²) in [7, 11) is 1.58. The number of ether oxygens (including phenoxy) is 1. The summed E-state index contributed by atoms with van der Waals surface area (Å²) in [6, 6.07) is 6.63. The van der Waals surface area contributed by atoms with Gasteiger partial charge >= 0.3 is 5.63 Å². The number of rotatable bonds is 2. The molecule has 0 radical (unpaired) electrons. The molecule has 3 aromatic rings. The molecule has 4 heteroatoms. The third kappa shape index (κ3) is 1.73. The lowest BCUT2D eigenvalue weighted by Crippen LogP contribution is -1.95. The van der Waals surface area contributed by atoms with Gasteiger partial charge in [0, 0.05) is 12.1 Å². The lowest BCUT2D eigenvalue weighted by atomic mass is 10.1. The molecule has 1 aromatic carbocycles. The first-order valence-electron chi connectivity index (χ1n) is 5.80. The molecule has 0 bridgehead atoms. The van der Waals surface area contributed by atoms with E-state index in [9.17, 15) is 4.79 Å². The van der Waals surface area contributed by atoms with Gasteiger partial charge in [-0.25, -0.2) is 4.79 Å². The fraction of sp³-hybridized carbons (Fsp3) is 0.133. The second-order valence-electron chi connectivity index (χ2n) is 4.38. The van der Waals surface area contributed by atoms with E-state index >= 15 is 0 Å². The van der Waals surface area contributed by atoms with Crippen molar-refractivity contribution < 1.29 is 13.6 Å². The van der Waals surface area contributed by atoms with Crippen molar-refractivity contribution in [2.45, 2.75) is 6.92 Å². The summed E-state index contributed by atoms with van der Waals surface area (Å²) in [6.45, 7) is 5.72. The summed E-state index contributed by atoms with van der Waals surface area (Å²) in [4.78, 5) is 11.3. The Labute approximate surface area is 108 Å². The van der Waals surface area contributed by atoms with E-state index < -0.39 is 5.63 Å². The molecule has 0 aliphatic carbocycles. The van der Waals surface area contributed by atoms with E-state index in [4.69, 9.17) is 13.6 Å². The van der Waals surface area contributed by atoms with Crippen LogP contribution in [0.4, 0.5) is 0 Å². The van der Waals surface area contributed by atoms with Crippen molar-refractivity contribution in [2.24, 2.45) is 0 Å². The molecule has 0 N–H and O–H groups in total. The molecular weight excluding hydrogens is 244 g/mol. The third-order valence-corrected chi connectivity index (χ3v) is 3.00. The number of methoxy groups -OCH3 is 1. The number of allylic oxidation sites excluding steroid dienone is 1. The fourth-order valence-corrected chi connectivity index (χ4v) is 2.11. The molecule has 96 valence electrons. The Bertz CT molecular complexity index is 852. The number of furan rings is 1. The van der Waals surface area contributed by atoms with Crippen LogP contribution in [0.1, 0.15) is 12.7 Å². The van der Waals surface area contributed by atoms with E-state index in [-0.39, 0.29) is 0 Å². The van der Waals surface area contributed by atoms with E-state index in [0.717, 1.165) is 16.3 Å². The van der Waals surface area contributed by atoms with Gasteiger partial charge < -0.3 is 13.6 Å². The Kier molecular flexibility index (Phi) is 2.45. The van der Waals surface area contributed by atoms with Crippen molar-refractivity contribution in [2.75, 3.05) is 7.11 Å². The van der Waals surface area contributed by atoms with Gasteiger partial charge in [0.25, 0.3) is 0 Å². The predicted octanol–water partition coefficient (Wildman–Crippen LogP) is 3.58. The van der Waals surface area contributed by atoms with Gasteiger partial charge in [-0.15, -0.1) is 0 Å². The molecule has 0 amide bonds. The van der Waals surface area contributed by atoms with Crippen molar-refractivity contribution in [3.63, 3.8) is 0 Å². The van der Waals surface area contributed by atoms with Crippen molar-refractivity contribution in [3.8, 4) is 5.75 Å². The van der Waals surface area contributed by atoms with Crippen molar-refractivity contribution in [1.82, 2.24) is 0 Å². The normalized spacial score (nSPS) is 11.1. The first kappa shape index (κ1) is 11.6. The standard InChI is InChI=1S/C15H12O4/c1-8(2)11-6-10-13(18-11)7-12-9(15(10)17-3)4-5-14(16)19-12/h4-7H,1H2,2-3H3. The Hall–Kier alpha value is -2.49. The number of fused-ring (bicyclic) bond motifs is 2. The molecular formula is C15H12O4. The Morgan fingerprint density at radius 3 is 2.58 bits per heavy atom. The molecule has 0 unspecified atom stereocenters. The quantitative estimate of drug-likeness (QED) is 0.657. The van der Waals surface area contributed by atoms with Crippen LogP contribution in [0.5, 0.6) is 5.75 Å². The molecule has 0 saturated carbocycles. The largest absolute Gasteiger partial charge is 0.495 e. The minimum absolute atomic E-state index is 0.402. The lowest BCUT2D eigenvalue weighted by Gasteiger charge is -2.04. The van der Waals surface area contributed by atoms with E-state index in [0.29, 0.717) is 22.7 Å². The Morgan fingerprint density at radius 2 is 1.89 bits per heavy atom. The summed E-state index contributed by atoms with van der Waals surface area (Å²) in [5, 5.41) is 1.57. The van der Waals surface area contributed by atoms with Gasteiger partial charge in [0.05, 0.1) is 17.9 Å². The second-order valence-corrected chi connectivity index (χ2v) is 4.38. The summed E-state index contributed by atoms with van der Waals surface area (Å²) >= 11 is 0. The van der Waals surface area contributed by atoms with Gasteiger partial charge in [0.2, 0.25) is 0 Å². The van der Waals surface area contributed by atoms with Gasteiger partial charge in [-0.2, -0.15) is 0 Å². The van der Waals surface area contributed by atoms with Crippen LogP contribution in [0.3, 0.4) is 0 Å². The fourth-order valence-electron chi connectivity index (χ4n) is 2.11. The van der Waals surface area contributed by atoms with Gasteiger partial charge in [-0.05, 0) is 24.6 Å². The lowest BCUT2D eigenvalue weighted by molar-refractivity contribution is 0.423. The van der Waals surface area contributed by atoms with Crippen LogP contribution in [0.2, 0.25) is 0 Å². The maximum absolute atomic E-state index is 11.3. The molecule has 0 saturated heterocycles. The van der Waals surface area contributed by atoms with Crippen molar-refractivity contribution in [1.29, 1.82) is 0 Å². The number of benzene rings is 1. The molecule has 3 rings (SSSR count). The summed E-state index contributed by atoms with van der Waals surface area (Å²) in [5.41, 5.74) is 1.47. The Balaban J connectivity index is 2.48. The average molecular weight is 256 g/mol. The number of hydrogen-bond donors (Lipinski definition) is 0. The predicted molar refractivity (Wildman–Crippen MR) is 73.5 cm³/mol. The van der Waals surface area contributed by atoms with E-state index in [2.05, 4.69) is 6.58 Å². The van der Waals surface area contributed by atoms with Gasteiger partial charge in [0.1, 0.15) is 22.7 Å². The third-order valence-electron chi connectivity index (χ3n) is 3.00. The highest BCUT2D eigenvalue weighted by Crippen LogP contribution is 2.37. The summed E-state index contributed by atoms with van der Waals surface area (Å²) < 4.78 is 16.3. The smallest absolute Gasteiger partial charge is 0.336 e. The van der Waals surface area contributed by atoms with E-state index in [1.807, 2.05) is 13.0 Å². The highest BCUT2D eigenvalue weighted by Gasteiger charge is 2.14. The monoisotopic (exact) mass is 256 g/mol. The summed E-state index contributed by atoms with van der Waals surface area (Å²) in [5.74, 6) is 1.32. The second kappa shape index (κ2) is 4.02. The zero-order chi connectivity index (χ0) is 13.6. The van der Waals surface area contributed by atoms with Crippen molar-refractivity contribution in [3.05, 3.63) is 47.0 Å². The molecule has 4 nitrogen and oxygen atoms in total. The topological polar surface area (TPSA) is 52.6 Å². The van der Waals surface area contributed by atoms with Crippen LogP contribution < -0.4 is 10.4 Å². The molecule has 2 aromatic heterocycles. The maximum atomic E-state index is 11.3. The van der Waals surface area contributed by atoms with Gasteiger partial charge in [-0.3, -0.25) is 0 Å². The SMILES string of the molecule is C=C(C)c1cc2c(OC)c3ccc(=O)oc3cc2o1. The summed E-state index contributed by atoms with van der Waals surface area (Å²) in [6.07, 6.45) is 0. The zero-order valence-corrected chi connectivity index (χ0v) is 10.6. The minimum Gasteiger partial charge on any atom is -0.495 e. The molecule has 0 aliphatic rings.